The van der Waals surface area contributed by atoms with E-state index in [2.05, 4.69) is 23.5 Å². The first-order valence-electron chi connectivity index (χ1n) is 7.68. The number of nitrogens with one attached hydrogen (secondary N) is 1. The Balaban J connectivity index is 1.78. The van der Waals surface area contributed by atoms with Crippen LogP contribution in [0.3, 0.4) is 0 Å². The van der Waals surface area contributed by atoms with Crippen molar-refractivity contribution in [1.82, 2.24) is 9.88 Å². The van der Waals surface area contributed by atoms with Crippen LogP contribution in [-0.2, 0) is 0 Å². The third-order valence-electron chi connectivity index (χ3n) is 4.67. The lowest BCUT2D eigenvalue weighted by molar-refractivity contribution is 0.365. The van der Waals surface area contributed by atoms with Crippen molar-refractivity contribution < 1.29 is 0 Å². The molecule has 1 aromatic heterocycles. The minimum Gasteiger partial charge on any atom is -0.315 e. The van der Waals surface area contributed by atoms with E-state index in [0.717, 1.165) is 42.6 Å². The summed E-state index contributed by atoms with van der Waals surface area (Å²) in [6.07, 6.45) is 6.83. The fourth-order valence-corrected chi connectivity index (χ4v) is 3.31. The molecule has 3 nitrogen and oxygen atoms in total. The van der Waals surface area contributed by atoms with E-state index >= 15 is 0 Å². The number of aromatic nitrogens is 1. The molecular formula is C17H20N2O. The Labute approximate surface area is 118 Å². The van der Waals surface area contributed by atoms with Gasteiger partial charge in [0.05, 0.1) is 0 Å². The average Bonchev–Trinajstić information content (AvgIpc) is 3.33. The van der Waals surface area contributed by atoms with E-state index in [-0.39, 0.29) is 5.56 Å². The average molecular weight is 268 g/mol. The van der Waals surface area contributed by atoms with Crippen LogP contribution in [0.5, 0.6) is 0 Å². The zero-order valence-corrected chi connectivity index (χ0v) is 11.6. The molecule has 2 aliphatic rings. The van der Waals surface area contributed by atoms with Gasteiger partial charge in [0.15, 0.2) is 0 Å². The van der Waals surface area contributed by atoms with Gasteiger partial charge in [0.1, 0.15) is 0 Å². The van der Waals surface area contributed by atoms with Crippen molar-refractivity contribution >= 4 is 10.8 Å². The summed E-state index contributed by atoms with van der Waals surface area (Å²) in [7, 11) is 0. The fraction of sp³-hybridized carbons (Fsp3) is 0.471. The lowest BCUT2D eigenvalue weighted by Crippen LogP contribution is -2.36. The van der Waals surface area contributed by atoms with Crippen LogP contribution in [-0.4, -0.2) is 17.7 Å². The van der Waals surface area contributed by atoms with Crippen LogP contribution in [0.1, 0.15) is 43.2 Å². The summed E-state index contributed by atoms with van der Waals surface area (Å²) in [5.41, 5.74) is 1.56. The van der Waals surface area contributed by atoms with Gasteiger partial charge in [-0.3, -0.25) is 4.79 Å². The summed E-state index contributed by atoms with van der Waals surface area (Å²) in [5, 5.41) is 5.34. The van der Waals surface area contributed by atoms with E-state index < -0.39 is 0 Å². The normalized spacial score (nSPS) is 23.1. The van der Waals surface area contributed by atoms with Crippen LogP contribution in [0.15, 0.2) is 35.3 Å². The van der Waals surface area contributed by atoms with Gasteiger partial charge >= 0.3 is 0 Å². The lowest BCUT2D eigenvalue weighted by Gasteiger charge is -2.25. The van der Waals surface area contributed by atoms with E-state index in [0.29, 0.717) is 6.04 Å². The summed E-state index contributed by atoms with van der Waals surface area (Å²) in [5.74, 6) is 0.740. The topological polar surface area (TPSA) is 34.0 Å². The number of hydrogen-bond donors (Lipinski definition) is 1. The second kappa shape index (κ2) is 4.74. The maximum Gasteiger partial charge on any atom is 0.258 e. The van der Waals surface area contributed by atoms with E-state index in [1.807, 2.05) is 16.8 Å². The Morgan fingerprint density at radius 1 is 1.15 bits per heavy atom. The number of fused-ring (bicyclic) bond motifs is 1. The van der Waals surface area contributed by atoms with E-state index in [9.17, 15) is 4.79 Å². The molecule has 1 unspecified atom stereocenters. The van der Waals surface area contributed by atoms with Crippen LogP contribution in [0.2, 0.25) is 0 Å². The zero-order chi connectivity index (χ0) is 13.5. The Bertz CT molecular complexity index is 694. The van der Waals surface area contributed by atoms with Gasteiger partial charge in [-0.2, -0.15) is 0 Å². The third-order valence-corrected chi connectivity index (χ3v) is 4.67. The third kappa shape index (κ3) is 2.06. The number of nitrogens with zero attached hydrogens (tertiary/aromatic N) is 1. The molecule has 2 fully saturated rings. The molecule has 104 valence electrons. The predicted molar refractivity (Wildman–Crippen MR) is 81.3 cm³/mol. The van der Waals surface area contributed by atoms with Gasteiger partial charge in [-0.1, -0.05) is 12.1 Å². The highest BCUT2D eigenvalue weighted by molar-refractivity contribution is 5.82. The lowest BCUT2D eigenvalue weighted by atomic mass is 10.0. The number of pyridine rings is 1. The highest BCUT2D eigenvalue weighted by atomic mass is 16.1. The van der Waals surface area contributed by atoms with E-state index in [1.165, 1.54) is 18.4 Å². The Kier molecular flexibility index (Phi) is 2.88. The Morgan fingerprint density at radius 3 is 2.80 bits per heavy atom. The molecule has 0 spiro atoms. The van der Waals surface area contributed by atoms with Crippen LogP contribution < -0.4 is 10.9 Å². The van der Waals surface area contributed by atoms with Crippen molar-refractivity contribution in [3.05, 3.63) is 46.4 Å². The molecule has 0 radical (unpaired) electrons. The summed E-state index contributed by atoms with van der Waals surface area (Å²) < 4.78 is 1.92. The standard InChI is InChI=1S/C17H20N2O/c20-17-16-6-5-13(12-3-4-12)10-14(16)7-9-19(17)15-2-1-8-18-11-15/h5-7,9-10,12,15,18H,1-4,8,11H2. The van der Waals surface area contributed by atoms with Gasteiger partial charge in [0, 0.05) is 24.2 Å². The highest BCUT2D eigenvalue weighted by Gasteiger charge is 2.24. The van der Waals surface area contributed by atoms with Crippen LogP contribution in [0, 0.1) is 0 Å². The largest absolute Gasteiger partial charge is 0.315 e. The SMILES string of the molecule is O=c1c2ccc(C3CC3)cc2ccn1C1CCCNC1. The fourth-order valence-electron chi connectivity index (χ4n) is 3.31. The first-order chi connectivity index (χ1) is 9.83. The van der Waals surface area contributed by atoms with Gasteiger partial charge < -0.3 is 9.88 Å². The molecule has 1 saturated heterocycles. The number of piperidine rings is 1. The van der Waals surface area contributed by atoms with Crippen LogP contribution >= 0.6 is 0 Å². The first kappa shape index (κ1) is 12.2. The first-order valence-corrected chi connectivity index (χ1v) is 7.68. The number of benzene rings is 1. The Morgan fingerprint density at radius 2 is 2.05 bits per heavy atom. The van der Waals surface area contributed by atoms with Gasteiger partial charge in [0.25, 0.3) is 5.56 Å². The van der Waals surface area contributed by atoms with Crippen LogP contribution in [0.25, 0.3) is 10.8 Å². The van der Waals surface area contributed by atoms with Crippen molar-refractivity contribution in [1.29, 1.82) is 0 Å². The quantitative estimate of drug-likeness (QED) is 0.908. The van der Waals surface area contributed by atoms with Gasteiger partial charge in [-0.25, -0.2) is 0 Å². The highest BCUT2D eigenvalue weighted by Crippen LogP contribution is 2.40. The molecule has 1 aromatic carbocycles. The van der Waals surface area contributed by atoms with Crippen molar-refractivity contribution in [2.24, 2.45) is 0 Å². The molecule has 1 saturated carbocycles. The summed E-state index contributed by atoms with van der Waals surface area (Å²) in [6.45, 7) is 1.98. The zero-order valence-electron chi connectivity index (χ0n) is 11.6. The molecule has 1 atom stereocenters. The molecule has 4 rings (SSSR count). The molecule has 20 heavy (non-hydrogen) atoms. The van der Waals surface area contributed by atoms with Crippen molar-refractivity contribution in [3.8, 4) is 0 Å². The predicted octanol–water partition coefficient (Wildman–Crippen LogP) is 2.80. The molecule has 0 amide bonds. The molecule has 1 aliphatic carbocycles. The maximum atomic E-state index is 12.7. The minimum atomic E-state index is 0.165. The van der Waals surface area contributed by atoms with E-state index in [1.54, 1.807) is 0 Å². The summed E-state index contributed by atoms with van der Waals surface area (Å²) in [4.78, 5) is 12.7. The minimum absolute atomic E-state index is 0.165. The molecule has 1 N–H and O–H groups in total. The number of hydrogen-bond acceptors (Lipinski definition) is 2. The van der Waals surface area contributed by atoms with Gasteiger partial charge in [0.2, 0.25) is 0 Å². The molecular weight excluding hydrogens is 248 g/mol. The van der Waals surface area contributed by atoms with Gasteiger partial charge in [-0.05, 0) is 61.2 Å². The number of rotatable bonds is 2. The monoisotopic (exact) mass is 268 g/mol. The Hall–Kier alpha value is -1.61. The second-order valence-corrected chi connectivity index (χ2v) is 6.15. The molecule has 3 heteroatoms. The maximum absolute atomic E-state index is 12.7. The van der Waals surface area contributed by atoms with Crippen molar-refractivity contribution in [2.45, 2.75) is 37.6 Å². The van der Waals surface area contributed by atoms with E-state index in [4.69, 9.17) is 0 Å². The van der Waals surface area contributed by atoms with Crippen molar-refractivity contribution in [3.63, 3.8) is 0 Å². The smallest absolute Gasteiger partial charge is 0.258 e. The summed E-state index contributed by atoms with van der Waals surface area (Å²) >= 11 is 0. The molecule has 2 heterocycles. The van der Waals surface area contributed by atoms with Crippen molar-refractivity contribution in [2.75, 3.05) is 13.1 Å². The second-order valence-electron chi connectivity index (χ2n) is 6.15. The molecule has 2 aromatic rings. The molecule has 0 bridgehead atoms. The summed E-state index contributed by atoms with van der Waals surface area (Å²) in [6, 6.07) is 8.79. The van der Waals surface area contributed by atoms with Gasteiger partial charge in [-0.15, -0.1) is 0 Å². The molecule has 1 aliphatic heterocycles. The van der Waals surface area contributed by atoms with Crippen LogP contribution in [0.4, 0.5) is 0 Å².